The first-order chi connectivity index (χ1) is 11.3. The van der Waals surface area contributed by atoms with Crippen LogP contribution in [0.2, 0.25) is 5.02 Å². The maximum atomic E-state index is 12.1. The number of hydrogen-bond acceptors (Lipinski definition) is 6. The smallest absolute Gasteiger partial charge is 0.408 e. The third kappa shape index (κ3) is 5.50. The molecule has 8 heteroatoms. The lowest BCUT2D eigenvalue weighted by Gasteiger charge is -2.22. The average molecular weight is 353 g/mol. The zero-order chi connectivity index (χ0) is 17.7. The molecule has 0 saturated carbocycles. The molecule has 1 aromatic heterocycles. The van der Waals surface area contributed by atoms with Crippen LogP contribution in [0.5, 0.6) is 0 Å². The molecule has 1 atom stereocenters. The molecule has 2 aromatic rings. The summed E-state index contributed by atoms with van der Waals surface area (Å²) in [6, 6.07) is 6.76. The van der Waals surface area contributed by atoms with Gasteiger partial charge in [0.1, 0.15) is 11.6 Å². The monoisotopic (exact) mass is 352 g/mol. The molecule has 0 spiro atoms. The Hall–Kier alpha value is -2.12. The topological polar surface area (TPSA) is 103 Å². The highest BCUT2D eigenvalue weighted by Gasteiger charge is 2.24. The number of rotatable bonds is 5. The third-order valence-corrected chi connectivity index (χ3v) is 3.25. The van der Waals surface area contributed by atoms with Crippen LogP contribution in [-0.4, -0.2) is 21.9 Å². The Morgan fingerprint density at radius 1 is 1.33 bits per heavy atom. The quantitative estimate of drug-likeness (QED) is 0.857. The summed E-state index contributed by atoms with van der Waals surface area (Å²) in [5.74, 6) is 0.577. The number of nitrogens with one attached hydrogen (secondary N) is 1. The van der Waals surface area contributed by atoms with Crippen molar-refractivity contribution in [3.05, 3.63) is 46.6 Å². The molecular formula is C16H21ClN4O3. The van der Waals surface area contributed by atoms with Gasteiger partial charge in [-0.1, -0.05) is 23.7 Å². The van der Waals surface area contributed by atoms with Gasteiger partial charge in [-0.2, -0.15) is 0 Å². The van der Waals surface area contributed by atoms with Crippen molar-refractivity contribution < 1.29 is 13.9 Å². The van der Waals surface area contributed by atoms with E-state index in [9.17, 15) is 4.79 Å². The minimum absolute atomic E-state index is 0.132. The number of ether oxygens (including phenoxy) is 1. The van der Waals surface area contributed by atoms with Crippen LogP contribution in [0.4, 0.5) is 4.79 Å². The van der Waals surface area contributed by atoms with Crippen LogP contribution in [0.3, 0.4) is 0 Å². The highest BCUT2D eigenvalue weighted by molar-refractivity contribution is 6.30. The van der Waals surface area contributed by atoms with Crippen molar-refractivity contribution in [3.63, 3.8) is 0 Å². The lowest BCUT2D eigenvalue weighted by Crippen LogP contribution is -2.36. The molecule has 1 amide bonds. The van der Waals surface area contributed by atoms with Crippen LogP contribution in [0.1, 0.15) is 44.2 Å². The second-order valence-electron chi connectivity index (χ2n) is 6.27. The second kappa shape index (κ2) is 7.63. The number of carbonyl (C=O) groups is 1. The number of alkyl carbamates (subject to hydrolysis) is 1. The van der Waals surface area contributed by atoms with Gasteiger partial charge in [0.25, 0.3) is 0 Å². The number of hydrogen-bond donors (Lipinski definition) is 2. The predicted molar refractivity (Wildman–Crippen MR) is 89.5 cm³/mol. The number of benzene rings is 1. The molecule has 7 nitrogen and oxygen atoms in total. The second-order valence-corrected chi connectivity index (χ2v) is 6.70. The van der Waals surface area contributed by atoms with Gasteiger partial charge >= 0.3 is 6.09 Å². The zero-order valence-electron chi connectivity index (χ0n) is 13.9. The molecular weight excluding hydrogens is 332 g/mol. The summed E-state index contributed by atoms with van der Waals surface area (Å²) in [4.78, 5) is 12.1. The van der Waals surface area contributed by atoms with Crippen molar-refractivity contribution in [2.24, 2.45) is 5.73 Å². The first kappa shape index (κ1) is 18.2. The maximum absolute atomic E-state index is 12.1. The van der Waals surface area contributed by atoms with E-state index in [0.29, 0.717) is 17.3 Å². The van der Waals surface area contributed by atoms with Crippen molar-refractivity contribution in [1.82, 2.24) is 15.5 Å². The van der Waals surface area contributed by atoms with Crippen molar-refractivity contribution >= 4 is 17.7 Å². The van der Waals surface area contributed by atoms with Crippen molar-refractivity contribution in [1.29, 1.82) is 0 Å². The lowest BCUT2D eigenvalue weighted by molar-refractivity contribution is 0.0495. The summed E-state index contributed by atoms with van der Waals surface area (Å²) in [5, 5.41) is 11.2. The highest BCUT2D eigenvalue weighted by atomic mass is 35.5. The van der Waals surface area contributed by atoms with E-state index < -0.39 is 17.7 Å². The third-order valence-electron chi connectivity index (χ3n) is 3.00. The SMILES string of the molecule is CC(C)(C)OC(=O)N[C@@H](Cc1ccc(Cl)cc1)c1nnc(CN)o1. The maximum Gasteiger partial charge on any atom is 0.408 e. The number of carbonyl (C=O) groups excluding carboxylic acids is 1. The van der Waals surface area contributed by atoms with E-state index in [1.165, 1.54) is 0 Å². The first-order valence-electron chi connectivity index (χ1n) is 7.53. The number of amides is 1. The van der Waals surface area contributed by atoms with Gasteiger partial charge in [-0.15, -0.1) is 10.2 Å². The van der Waals surface area contributed by atoms with Crippen LogP contribution in [0.15, 0.2) is 28.7 Å². The van der Waals surface area contributed by atoms with E-state index in [-0.39, 0.29) is 12.4 Å². The molecule has 0 bridgehead atoms. The standard InChI is InChI=1S/C16H21ClN4O3/c1-16(2,3)24-15(22)19-12(14-21-20-13(9-18)23-14)8-10-4-6-11(17)7-5-10/h4-7,12H,8-9,18H2,1-3H3,(H,19,22)/t12-/m0/s1. The molecule has 2 rings (SSSR count). The minimum atomic E-state index is -0.605. The molecule has 0 aliphatic carbocycles. The molecule has 24 heavy (non-hydrogen) atoms. The van der Waals surface area contributed by atoms with Gasteiger partial charge in [0, 0.05) is 11.4 Å². The fraction of sp³-hybridized carbons (Fsp3) is 0.438. The van der Waals surface area contributed by atoms with Crippen molar-refractivity contribution in [2.45, 2.75) is 45.4 Å². The summed E-state index contributed by atoms with van der Waals surface area (Å²) in [6.07, 6.45) is -0.114. The molecule has 0 aliphatic heterocycles. The minimum Gasteiger partial charge on any atom is -0.444 e. The van der Waals surface area contributed by atoms with Gasteiger partial charge in [0.2, 0.25) is 11.8 Å². The van der Waals surface area contributed by atoms with Gasteiger partial charge in [-0.25, -0.2) is 4.79 Å². The number of nitrogens with zero attached hydrogens (tertiary/aromatic N) is 2. The molecule has 0 saturated heterocycles. The van der Waals surface area contributed by atoms with E-state index in [4.69, 9.17) is 26.5 Å². The van der Waals surface area contributed by atoms with Gasteiger partial charge in [0.05, 0.1) is 6.54 Å². The Bertz CT molecular complexity index is 679. The Labute approximate surface area is 145 Å². The van der Waals surface area contributed by atoms with Gasteiger partial charge in [-0.3, -0.25) is 0 Å². The van der Waals surface area contributed by atoms with E-state index in [0.717, 1.165) is 5.56 Å². The van der Waals surface area contributed by atoms with E-state index >= 15 is 0 Å². The van der Waals surface area contributed by atoms with E-state index in [1.807, 2.05) is 12.1 Å². The molecule has 0 fully saturated rings. The molecule has 3 N–H and O–H groups in total. The molecule has 0 unspecified atom stereocenters. The van der Waals surface area contributed by atoms with Crippen LogP contribution >= 0.6 is 11.6 Å². The largest absolute Gasteiger partial charge is 0.444 e. The lowest BCUT2D eigenvalue weighted by atomic mass is 10.1. The van der Waals surface area contributed by atoms with Crippen molar-refractivity contribution in [3.8, 4) is 0 Å². The normalized spacial score (nSPS) is 12.7. The summed E-state index contributed by atoms with van der Waals surface area (Å²) >= 11 is 5.90. The fourth-order valence-electron chi connectivity index (χ4n) is 2.00. The average Bonchev–Trinajstić information content (AvgIpc) is 2.96. The van der Waals surface area contributed by atoms with Crippen LogP contribution in [0.25, 0.3) is 0 Å². The Morgan fingerprint density at radius 3 is 2.54 bits per heavy atom. The summed E-state index contributed by atoms with van der Waals surface area (Å²) in [6.45, 7) is 5.51. The van der Waals surface area contributed by atoms with Gasteiger partial charge < -0.3 is 20.2 Å². The molecule has 130 valence electrons. The zero-order valence-corrected chi connectivity index (χ0v) is 14.6. The summed E-state index contributed by atoms with van der Waals surface area (Å²) in [5.41, 5.74) is 5.84. The number of nitrogens with two attached hydrogens (primary N) is 1. The fourth-order valence-corrected chi connectivity index (χ4v) is 2.12. The number of aromatic nitrogens is 2. The van der Waals surface area contributed by atoms with Gasteiger partial charge in [0.15, 0.2) is 0 Å². The van der Waals surface area contributed by atoms with Gasteiger partial charge in [-0.05, 0) is 38.5 Å². The Kier molecular flexibility index (Phi) is 5.80. The summed E-state index contributed by atoms with van der Waals surface area (Å²) < 4.78 is 10.8. The molecule has 1 heterocycles. The molecule has 0 radical (unpaired) electrons. The molecule has 0 aliphatic rings. The Morgan fingerprint density at radius 2 is 2.00 bits per heavy atom. The first-order valence-corrected chi connectivity index (χ1v) is 7.91. The highest BCUT2D eigenvalue weighted by Crippen LogP contribution is 2.20. The van der Waals surface area contributed by atoms with Crippen LogP contribution < -0.4 is 11.1 Å². The molecule has 1 aromatic carbocycles. The van der Waals surface area contributed by atoms with Crippen LogP contribution in [0, 0.1) is 0 Å². The number of halogens is 1. The van der Waals surface area contributed by atoms with Crippen molar-refractivity contribution in [2.75, 3.05) is 0 Å². The predicted octanol–water partition coefficient (Wildman–Crippen LogP) is 2.99. The summed E-state index contributed by atoms with van der Waals surface area (Å²) in [7, 11) is 0. The van der Waals surface area contributed by atoms with E-state index in [2.05, 4.69) is 15.5 Å². The van der Waals surface area contributed by atoms with E-state index in [1.54, 1.807) is 32.9 Å². The Balaban J connectivity index is 2.17. The van der Waals surface area contributed by atoms with Crippen LogP contribution in [-0.2, 0) is 17.7 Å².